The lowest BCUT2D eigenvalue weighted by Gasteiger charge is -2.21. The van der Waals surface area contributed by atoms with Crippen molar-refractivity contribution in [2.75, 3.05) is 49.2 Å². The van der Waals surface area contributed by atoms with E-state index in [1.54, 1.807) is 0 Å². The van der Waals surface area contributed by atoms with Crippen LogP contribution < -0.4 is 22.1 Å². The van der Waals surface area contributed by atoms with E-state index in [9.17, 15) is 19.2 Å². The van der Waals surface area contributed by atoms with Gasteiger partial charge in [-0.25, -0.2) is 19.2 Å². The van der Waals surface area contributed by atoms with Crippen LogP contribution in [0.15, 0.2) is 12.2 Å². The van der Waals surface area contributed by atoms with Crippen molar-refractivity contribution >= 4 is 59.8 Å². The molecule has 0 aliphatic heterocycles. The molecule has 0 saturated carbocycles. The molecule has 0 fully saturated rings. The molecule has 2 atom stereocenters. The van der Waals surface area contributed by atoms with E-state index in [1.165, 1.54) is 49.8 Å². The minimum atomic E-state index is -1.43. The molecule has 192 valence electrons. The van der Waals surface area contributed by atoms with E-state index >= 15 is 0 Å². The Bertz CT molecular complexity index is 685. The molecule has 0 radical (unpaired) electrons. The number of carbonyl (C=O) groups is 4. The number of hydrogen-bond acceptors (Lipinski definition) is 14. The summed E-state index contributed by atoms with van der Waals surface area (Å²) in [6, 6.07) is 0. The van der Waals surface area contributed by atoms with E-state index in [0.29, 0.717) is 49.8 Å². The highest BCUT2D eigenvalue weighted by Crippen LogP contribution is 2.13. The Balaban J connectivity index is 4.42. The summed E-state index contributed by atoms with van der Waals surface area (Å²) in [5.41, 5.74) is 8.94. The number of nitrogens with two attached hydrogens (primary N) is 2. The molecule has 0 aromatic rings. The molecule has 12 nitrogen and oxygen atoms in total. The summed E-state index contributed by atoms with van der Waals surface area (Å²) in [6.45, 7) is 4.98. The normalized spacial score (nSPS) is 14.6. The monoisotopic (exact) mass is 518 g/mol. The highest BCUT2D eigenvalue weighted by molar-refractivity contribution is 7.99. The Hall–Kier alpha value is -2.10. The summed E-state index contributed by atoms with van der Waals surface area (Å²) in [4.78, 5) is 47.9. The standard InChI is InChI=1S/C20H34N6O6S2/c1-19(23,13-33-11-9-25-7-5-21)17(29)31-15(27)3-4-16(28)32-18(30)20(2,24)14-34-12-10-26-8-6-22/h3-6,21-22,25-26H,7-14,23-24H2,1-2H3/b4-3-,21-5?,22-6?/t19-,20-/m0/s1. The van der Waals surface area contributed by atoms with Gasteiger partial charge in [-0.1, -0.05) is 0 Å². The molecule has 0 unspecified atom stereocenters. The lowest BCUT2D eigenvalue weighted by molar-refractivity contribution is -0.162. The summed E-state index contributed by atoms with van der Waals surface area (Å²) < 4.78 is 9.28. The third-order valence-electron chi connectivity index (χ3n) is 3.82. The van der Waals surface area contributed by atoms with E-state index < -0.39 is 35.0 Å². The minimum Gasteiger partial charge on any atom is -0.388 e. The van der Waals surface area contributed by atoms with Gasteiger partial charge in [-0.05, 0) is 13.8 Å². The number of esters is 4. The number of thioether (sulfide) groups is 2. The molecule has 34 heavy (non-hydrogen) atoms. The van der Waals surface area contributed by atoms with Crippen molar-refractivity contribution in [2.24, 2.45) is 11.5 Å². The molecule has 8 N–H and O–H groups in total. The second-order valence-corrected chi connectivity index (χ2v) is 9.72. The Morgan fingerprint density at radius 3 is 1.47 bits per heavy atom. The molecule has 0 aromatic carbocycles. The van der Waals surface area contributed by atoms with Gasteiger partial charge in [0.1, 0.15) is 11.1 Å². The first-order valence-corrected chi connectivity index (χ1v) is 12.6. The van der Waals surface area contributed by atoms with Crippen LogP contribution >= 0.6 is 23.5 Å². The van der Waals surface area contributed by atoms with Crippen molar-refractivity contribution in [1.29, 1.82) is 10.8 Å². The highest BCUT2D eigenvalue weighted by Gasteiger charge is 2.33. The number of carbonyl (C=O) groups excluding carboxylic acids is 4. The molecule has 0 heterocycles. The van der Waals surface area contributed by atoms with Crippen LogP contribution in [0.4, 0.5) is 0 Å². The molecule has 14 heteroatoms. The minimum absolute atomic E-state index is 0.192. The van der Waals surface area contributed by atoms with Gasteiger partial charge in [0.25, 0.3) is 0 Å². The van der Waals surface area contributed by atoms with Gasteiger partial charge in [-0.15, -0.1) is 0 Å². The van der Waals surface area contributed by atoms with Crippen molar-refractivity contribution in [3.8, 4) is 0 Å². The number of rotatable bonds is 18. The molecular weight excluding hydrogens is 484 g/mol. The van der Waals surface area contributed by atoms with Gasteiger partial charge in [0, 0.05) is 73.8 Å². The number of hydrogen-bond donors (Lipinski definition) is 6. The lowest BCUT2D eigenvalue weighted by atomic mass is 10.1. The molecule has 0 rings (SSSR count). The fourth-order valence-electron chi connectivity index (χ4n) is 1.94. The quantitative estimate of drug-likeness (QED) is 0.0427. The van der Waals surface area contributed by atoms with Crippen LogP contribution in [0.3, 0.4) is 0 Å². The van der Waals surface area contributed by atoms with Gasteiger partial charge in [0.05, 0.1) is 0 Å². The van der Waals surface area contributed by atoms with Crippen LogP contribution in [0.5, 0.6) is 0 Å². The summed E-state index contributed by atoms with van der Waals surface area (Å²) in [6.07, 6.45) is 3.79. The second kappa shape index (κ2) is 17.4. The maximum Gasteiger partial charge on any atom is 0.338 e. The van der Waals surface area contributed by atoms with Crippen LogP contribution in [-0.2, 0) is 28.7 Å². The van der Waals surface area contributed by atoms with Crippen molar-refractivity contribution in [3.63, 3.8) is 0 Å². The summed E-state index contributed by atoms with van der Waals surface area (Å²) in [5, 5.41) is 19.8. The van der Waals surface area contributed by atoms with Crippen molar-refractivity contribution in [1.82, 2.24) is 10.6 Å². The van der Waals surface area contributed by atoms with E-state index in [0.717, 1.165) is 0 Å². The molecule has 0 spiro atoms. The van der Waals surface area contributed by atoms with Gasteiger partial charge in [-0.3, -0.25) is 0 Å². The van der Waals surface area contributed by atoms with Gasteiger partial charge in [0.15, 0.2) is 0 Å². The largest absolute Gasteiger partial charge is 0.388 e. The zero-order valence-electron chi connectivity index (χ0n) is 19.4. The van der Waals surface area contributed by atoms with Crippen LogP contribution in [0.25, 0.3) is 0 Å². The molecule has 0 aliphatic carbocycles. The Morgan fingerprint density at radius 1 is 0.794 bits per heavy atom. The average Bonchev–Trinajstić information content (AvgIpc) is 2.77. The third kappa shape index (κ3) is 14.9. The van der Waals surface area contributed by atoms with E-state index in [1.807, 2.05) is 0 Å². The lowest BCUT2D eigenvalue weighted by Crippen LogP contribution is -2.49. The van der Waals surface area contributed by atoms with Crippen molar-refractivity contribution in [2.45, 2.75) is 24.9 Å². The zero-order chi connectivity index (χ0) is 26.0. The highest BCUT2D eigenvalue weighted by atomic mass is 32.2. The molecule has 0 amide bonds. The predicted molar refractivity (Wildman–Crippen MR) is 134 cm³/mol. The van der Waals surface area contributed by atoms with Crippen LogP contribution in [0.1, 0.15) is 13.8 Å². The fraction of sp³-hybridized carbons (Fsp3) is 0.600. The van der Waals surface area contributed by atoms with Crippen molar-refractivity contribution in [3.05, 3.63) is 12.2 Å². The SMILES string of the molecule is C[C@](N)(CSCCNCC=N)C(=O)OC(=O)/C=C\C(=O)OC(=O)[C@@](C)(N)CSCCNCC=N. The third-order valence-corrected chi connectivity index (χ3v) is 6.41. The second-order valence-electron chi connectivity index (χ2n) is 7.51. The Labute approximate surface area is 207 Å². The molecule has 0 aromatic heterocycles. The maximum atomic E-state index is 12.1. The smallest absolute Gasteiger partial charge is 0.338 e. The first-order chi connectivity index (χ1) is 16.0. The first-order valence-electron chi connectivity index (χ1n) is 10.3. The summed E-state index contributed by atoms with van der Waals surface area (Å²) in [5.74, 6) is -2.53. The Morgan fingerprint density at radius 2 is 1.15 bits per heavy atom. The van der Waals surface area contributed by atoms with Gasteiger partial charge < -0.3 is 42.4 Å². The molecular formula is C20H34N6O6S2. The van der Waals surface area contributed by atoms with Crippen LogP contribution in [0, 0.1) is 10.8 Å². The van der Waals surface area contributed by atoms with Gasteiger partial charge in [-0.2, -0.15) is 23.5 Å². The summed E-state index contributed by atoms with van der Waals surface area (Å²) >= 11 is 2.75. The van der Waals surface area contributed by atoms with E-state index in [-0.39, 0.29) is 11.5 Å². The average molecular weight is 519 g/mol. The van der Waals surface area contributed by atoms with E-state index in [4.69, 9.17) is 22.3 Å². The number of nitrogens with one attached hydrogen (secondary N) is 4. The number of ether oxygens (including phenoxy) is 2. The fourth-order valence-corrected chi connectivity index (χ4v) is 3.89. The Kier molecular flexibility index (Phi) is 16.3. The molecule has 0 saturated heterocycles. The first kappa shape index (κ1) is 31.9. The van der Waals surface area contributed by atoms with Gasteiger partial charge >= 0.3 is 23.9 Å². The van der Waals surface area contributed by atoms with Crippen molar-refractivity contribution < 1.29 is 28.7 Å². The summed E-state index contributed by atoms with van der Waals surface area (Å²) in [7, 11) is 0. The van der Waals surface area contributed by atoms with E-state index in [2.05, 4.69) is 20.1 Å². The topological polar surface area (TPSA) is 211 Å². The predicted octanol–water partition coefficient (Wildman–Crippen LogP) is -0.938. The van der Waals surface area contributed by atoms with Crippen LogP contribution in [0.2, 0.25) is 0 Å². The zero-order valence-corrected chi connectivity index (χ0v) is 21.0. The van der Waals surface area contributed by atoms with Gasteiger partial charge in [0.2, 0.25) is 0 Å². The maximum absolute atomic E-state index is 12.1. The van der Waals surface area contributed by atoms with Crippen LogP contribution in [-0.4, -0.2) is 96.6 Å². The molecule has 0 bridgehead atoms. The molecule has 0 aliphatic rings.